The number of nitrogens with zero attached hydrogens (tertiary/aromatic N) is 1. The number of aliphatic hydroxyl groups excluding tert-OH is 2. The Hall–Kier alpha value is -2.20. The third-order valence-corrected chi connectivity index (χ3v) is 4.50. The molecule has 4 atom stereocenters. The van der Waals surface area contributed by atoms with Crippen LogP contribution in [-0.2, 0) is 9.53 Å². The van der Waals surface area contributed by atoms with Gasteiger partial charge in [0, 0.05) is 25.3 Å². The molecule has 1 aliphatic rings. The van der Waals surface area contributed by atoms with Crippen LogP contribution in [-0.4, -0.2) is 85.2 Å². The standard InChI is InChI=1S/C19H30N4O5/c1-12-4-6-13(7-5-12)22-19(27)21-11-15-18(26)17(25)14(28-15)10-16(24)20-8-9-23(2)3/h4-7,14-15,17-18,25-26H,8-11H2,1-3H3,(H,20,24)(H2,21,22,27)/t14-,15+,17-,18+/m0/s1. The molecule has 9 heteroatoms. The van der Waals surface area contributed by atoms with Crippen molar-refractivity contribution in [2.24, 2.45) is 0 Å². The summed E-state index contributed by atoms with van der Waals surface area (Å²) in [5, 5.41) is 28.3. The molecule has 1 fully saturated rings. The molecule has 9 nitrogen and oxygen atoms in total. The third kappa shape index (κ3) is 6.75. The van der Waals surface area contributed by atoms with Crippen LogP contribution in [0.2, 0.25) is 0 Å². The van der Waals surface area contributed by atoms with E-state index >= 15 is 0 Å². The van der Waals surface area contributed by atoms with Gasteiger partial charge in [-0.05, 0) is 33.2 Å². The van der Waals surface area contributed by atoms with E-state index in [1.165, 1.54) is 0 Å². The van der Waals surface area contributed by atoms with Gasteiger partial charge in [0.2, 0.25) is 5.91 Å². The van der Waals surface area contributed by atoms with Crippen LogP contribution in [0.25, 0.3) is 0 Å². The van der Waals surface area contributed by atoms with E-state index in [-0.39, 0.29) is 18.9 Å². The molecule has 1 saturated heterocycles. The van der Waals surface area contributed by atoms with Crippen LogP contribution in [0.5, 0.6) is 0 Å². The smallest absolute Gasteiger partial charge is 0.319 e. The Kier molecular flexibility index (Phi) is 8.18. The maximum atomic E-state index is 12.0. The van der Waals surface area contributed by atoms with E-state index in [4.69, 9.17) is 4.74 Å². The molecule has 0 bridgehead atoms. The van der Waals surface area contributed by atoms with E-state index < -0.39 is 30.4 Å². The Labute approximate surface area is 165 Å². The zero-order chi connectivity index (χ0) is 20.7. The van der Waals surface area contributed by atoms with E-state index in [0.29, 0.717) is 18.8 Å². The fourth-order valence-corrected chi connectivity index (χ4v) is 2.84. The Bertz CT molecular complexity index is 652. The molecule has 0 spiro atoms. The molecule has 0 aliphatic carbocycles. The summed E-state index contributed by atoms with van der Waals surface area (Å²) in [5.41, 5.74) is 1.72. The Morgan fingerprint density at radius 2 is 1.71 bits per heavy atom. The number of urea groups is 1. The molecule has 0 saturated carbocycles. The number of ether oxygens (including phenoxy) is 1. The van der Waals surface area contributed by atoms with Crippen molar-refractivity contribution in [2.45, 2.75) is 37.8 Å². The molecular formula is C19H30N4O5. The van der Waals surface area contributed by atoms with Crippen molar-refractivity contribution in [1.82, 2.24) is 15.5 Å². The summed E-state index contributed by atoms with van der Waals surface area (Å²) in [7, 11) is 3.80. The Balaban J connectivity index is 1.75. The van der Waals surface area contributed by atoms with Gasteiger partial charge in [-0.15, -0.1) is 0 Å². The third-order valence-electron chi connectivity index (χ3n) is 4.50. The summed E-state index contributed by atoms with van der Waals surface area (Å²) in [6.07, 6.45) is -4.04. The molecule has 1 aromatic carbocycles. The summed E-state index contributed by atoms with van der Waals surface area (Å²) in [4.78, 5) is 25.9. The lowest BCUT2D eigenvalue weighted by Gasteiger charge is -2.16. The molecule has 156 valence electrons. The van der Waals surface area contributed by atoms with Crippen LogP contribution in [0.1, 0.15) is 12.0 Å². The predicted molar refractivity (Wildman–Crippen MR) is 105 cm³/mol. The minimum atomic E-state index is -1.19. The molecule has 0 aromatic heterocycles. The van der Waals surface area contributed by atoms with Crippen LogP contribution in [0.4, 0.5) is 10.5 Å². The number of aliphatic hydroxyl groups is 2. The highest BCUT2D eigenvalue weighted by Gasteiger charge is 2.43. The zero-order valence-electron chi connectivity index (χ0n) is 16.5. The van der Waals surface area contributed by atoms with Crippen LogP contribution in [0.15, 0.2) is 24.3 Å². The summed E-state index contributed by atoms with van der Waals surface area (Å²) in [6.45, 7) is 3.15. The molecule has 0 radical (unpaired) electrons. The van der Waals surface area contributed by atoms with Gasteiger partial charge in [-0.3, -0.25) is 4.79 Å². The van der Waals surface area contributed by atoms with Crippen molar-refractivity contribution in [3.63, 3.8) is 0 Å². The lowest BCUT2D eigenvalue weighted by molar-refractivity contribution is -0.125. The van der Waals surface area contributed by atoms with Gasteiger partial charge < -0.3 is 35.8 Å². The van der Waals surface area contributed by atoms with Gasteiger partial charge in [0.05, 0.1) is 12.5 Å². The maximum Gasteiger partial charge on any atom is 0.319 e. The number of likely N-dealkylation sites (N-methyl/N-ethyl adjacent to an activating group) is 1. The average molecular weight is 394 g/mol. The fourth-order valence-electron chi connectivity index (χ4n) is 2.84. The minimum Gasteiger partial charge on any atom is -0.388 e. The molecule has 1 heterocycles. The van der Waals surface area contributed by atoms with Gasteiger partial charge in [-0.25, -0.2) is 4.79 Å². The first kappa shape index (κ1) is 22.1. The fraction of sp³-hybridized carbons (Fsp3) is 0.579. The number of aryl methyl sites for hydroxylation is 1. The molecule has 3 amide bonds. The van der Waals surface area contributed by atoms with Crippen molar-refractivity contribution in [1.29, 1.82) is 0 Å². The molecule has 0 unspecified atom stereocenters. The van der Waals surface area contributed by atoms with Gasteiger partial charge in [-0.1, -0.05) is 17.7 Å². The van der Waals surface area contributed by atoms with E-state index in [0.717, 1.165) is 5.56 Å². The zero-order valence-corrected chi connectivity index (χ0v) is 16.5. The summed E-state index contributed by atoms with van der Waals surface area (Å²) in [5.74, 6) is -0.260. The number of anilines is 1. The van der Waals surface area contributed by atoms with Gasteiger partial charge >= 0.3 is 6.03 Å². The van der Waals surface area contributed by atoms with Crippen LogP contribution < -0.4 is 16.0 Å². The van der Waals surface area contributed by atoms with E-state index in [2.05, 4.69) is 16.0 Å². The largest absolute Gasteiger partial charge is 0.388 e. The molecular weight excluding hydrogens is 364 g/mol. The summed E-state index contributed by atoms with van der Waals surface area (Å²) >= 11 is 0. The number of rotatable bonds is 8. The first-order valence-electron chi connectivity index (χ1n) is 9.31. The van der Waals surface area contributed by atoms with Gasteiger partial charge in [0.1, 0.15) is 18.3 Å². The molecule has 28 heavy (non-hydrogen) atoms. The lowest BCUT2D eigenvalue weighted by Crippen LogP contribution is -2.41. The Morgan fingerprint density at radius 3 is 2.36 bits per heavy atom. The number of amides is 3. The van der Waals surface area contributed by atoms with Crippen LogP contribution >= 0.6 is 0 Å². The van der Waals surface area contributed by atoms with Crippen molar-refractivity contribution in [3.8, 4) is 0 Å². The van der Waals surface area contributed by atoms with E-state index in [1.807, 2.05) is 38.1 Å². The van der Waals surface area contributed by atoms with Crippen LogP contribution in [0, 0.1) is 6.92 Å². The van der Waals surface area contributed by atoms with Crippen molar-refractivity contribution in [2.75, 3.05) is 39.0 Å². The summed E-state index contributed by atoms with van der Waals surface area (Å²) < 4.78 is 5.59. The number of nitrogens with one attached hydrogen (secondary N) is 3. The minimum absolute atomic E-state index is 0.00860. The molecule has 1 aliphatic heterocycles. The number of hydrogen-bond donors (Lipinski definition) is 5. The van der Waals surface area contributed by atoms with Gasteiger partial charge in [0.25, 0.3) is 0 Å². The number of benzene rings is 1. The second kappa shape index (κ2) is 10.4. The second-order valence-corrected chi connectivity index (χ2v) is 7.25. The quantitative estimate of drug-likeness (QED) is 0.412. The normalized spacial score (nSPS) is 24.2. The lowest BCUT2D eigenvalue weighted by atomic mass is 10.1. The van der Waals surface area contributed by atoms with Crippen molar-refractivity contribution in [3.05, 3.63) is 29.8 Å². The molecule has 5 N–H and O–H groups in total. The highest BCUT2D eigenvalue weighted by molar-refractivity contribution is 5.89. The molecule has 2 rings (SSSR count). The SMILES string of the molecule is Cc1ccc(NC(=O)NC[C@H]2O[C@@H](CC(=O)NCCN(C)C)[C@H](O)[C@@H]2O)cc1. The summed E-state index contributed by atoms with van der Waals surface area (Å²) in [6, 6.07) is 6.88. The molecule has 1 aromatic rings. The number of carbonyl (C=O) groups is 2. The highest BCUT2D eigenvalue weighted by Crippen LogP contribution is 2.23. The second-order valence-electron chi connectivity index (χ2n) is 7.25. The monoisotopic (exact) mass is 394 g/mol. The van der Waals surface area contributed by atoms with Crippen molar-refractivity contribution < 1.29 is 24.5 Å². The highest BCUT2D eigenvalue weighted by atomic mass is 16.5. The van der Waals surface area contributed by atoms with Crippen LogP contribution in [0.3, 0.4) is 0 Å². The first-order valence-corrected chi connectivity index (χ1v) is 9.31. The van der Waals surface area contributed by atoms with E-state index in [9.17, 15) is 19.8 Å². The van der Waals surface area contributed by atoms with Gasteiger partial charge in [-0.2, -0.15) is 0 Å². The number of carbonyl (C=O) groups excluding carboxylic acids is 2. The topological polar surface area (TPSA) is 123 Å². The maximum absolute atomic E-state index is 12.0. The Morgan fingerprint density at radius 1 is 1.07 bits per heavy atom. The average Bonchev–Trinajstić information content (AvgIpc) is 2.89. The number of hydrogen-bond acceptors (Lipinski definition) is 6. The van der Waals surface area contributed by atoms with Crippen molar-refractivity contribution >= 4 is 17.6 Å². The first-order chi connectivity index (χ1) is 13.3. The van der Waals surface area contributed by atoms with E-state index in [1.54, 1.807) is 12.1 Å². The van der Waals surface area contributed by atoms with Gasteiger partial charge in [0.15, 0.2) is 0 Å². The predicted octanol–water partition coefficient (Wildman–Crippen LogP) is -0.326.